The van der Waals surface area contributed by atoms with Gasteiger partial charge in [-0.15, -0.1) is 0 Å². The van der Waals surface area contributed by atoms with Gasteiger partial charge in [0.25, 0.3) is 0 Å². The molecule has 0 bridgehead atoms. The van der Waals surface area contributed by atoms with Gasteiger partial charge in [0.15, 0.2) is 11.5 Å². The maximum absolute atomic E-state index is 11.3. The van der Waals surface area contributed by atoms with Gasteiger partial charge in [-0.2, -0.15) is 0 Å². The summed E-state index contributed by atoms with van der Waals surface area (Å²) in [5, 5.41) is 12.4. The van der Waals surface area contributed by atoms with Crippen LogP contribution >= 0.6 is 15.9 Å². The molecule has 1 aromatic carbocycles. The first kappa shape index (κ1) is 16.0. The Morgan fingerprint density at radius 3 is 2.60 bits per heavy atom. The van der Waals surface area contributed by atoms with Crippen LogP contribution in [0.4, 0.5) is 0 Å². The molecule has 1 rings (SSSR count). The molecule has 0 radical (unpaired) electrons. The van der Waals surface area contributed by atoms with Crippen LogP contribution < -0.4 is 19.9 Å². The zero-order valence-electron chi connectivity index (χ0n) is 10.9. The Kier molecular flexibility index (Phi) is 6.05. The molecule has 108 valence electrons. The first-order valence-electron chi connectivity index (χ1n) is 5.55. The lowest BCUT2D eigenvalue weighted by Crippen LogP contribution is -2.36. The molecule has 20 heavy (non-hydrogen) atoms. The van der Waals surface area contributed by atoms with E-state index in [9.17, 15) is 14.7 Å². The van der Waals surface area contributed by atoms with Crippen molar-refractivity contribution in [1.29, 1.82) is 0 Å². The zero-order chi connectivity index (χ0) is 15.1. The van der Waals surface area contributed by atoms with Crippen LogP contribution in [0.1, 0.15) is 5.56 Å². The van der Waals surface area contributed by atoms with Crippen molar-refractivity contribution in [3.05, 3.63) is 28.2 Å². The van der Waals surface area contributed by atoms with E-state index in [0.29, 0.717) is 21.5 Å². The number of carbonyl (C=O) groups is 2. The summed E-state index contributed by atoms with van der Waals surface area (Å²) in [6.45, 7) is -0.529. The third-order valence-electron chi connectivity index (χ3n) is 2.29. The second kappa shape index (κ2) is 7.54. The number of hydrogen-bond donors (Lipinski definition) is 1. The topological polar surface area (TPSA) is 87.7 Å². The standard InChI is InChI=1S/C13H14BrNO5/c1-19-10-6-8(5-9(14)13(10)20-2)3-4-11(16)15-7-12(17)18/h3-6H,7H2,1-2H3,(H,15,16)(H,17,18)/p-1/b4-3+. The van der Waals surface area contributed by atoms with E-state index in [-0.39, 0.29) is 0 Å². The van der Waals surface area contributed by atoms with Gasteiger partial charge >= 0.3 is 0 Å². The van der Waals surface area contributed by atoms with Crippen molar-refractivity contribution < 1.29 is 24.2 Å². The molecule has 0 saturated carbocycles. The summed E-state index contributed by atoms with van der Waals surface area (Å²) in [6, 6.07) is 3.43. The van der Waals surface area contributed by atoms with Crippen molar-refractivity contribution in [3.63, 3.8) is 0 Å². The van der Waals surface area contributed by atoms with Crippen LogP contribution in [0, 0.1) is 0 Å². The molecule has 0 aliphatic heterocycles. The molecular weight excluding hydrogens is 330 g/mol. The van der Waals surface area contributed by atoms with Crippen molar-refractivity contribution >= 4 is 33.9 Å². The molecule has 0 heterocycles. The van der Waals surface area contributed by atoms with Gasteiger partial charge in [0.2, 0.25) is 5.91 Å². The molecular formula is C13H13BrNO5-. The first-order chi connectivity index (χ1) is 9.47. The van der Waals surface area contributed by atoms with Crippen molar-refractivity contribution in [2.75, 3.05) is 20.8 Å². The summed E-state index contributed by atoms with van der Waals surface area (Å²) >= 11 is 3.33. The number of benzene rings is 1. The molecule has 6 nitrogen and oxygen atoms in total. The van der Waals surface area contributed by atoms with Crippen LogP contribution in [0.3, 0.4) is 0 Å². The van der Waals surface area contributed by atoms with Gasteiger partial charge in [-0.05, 0) is 39.7 Å². The Labute approximate surface area is 124 Å². The highest BCUT2D eigenvalue weighted by molar-refractivity contribution is 9.10. The van der Waals surface area contributed by atoms with E-state index in [0.717, 1.165) is 0 Å². The number of carboxylic acids is 1. The number of halogens is 1. The molecule has 7 heteroatoms. The number of amides is 1. The SMILES string of the molecule is COc1cc(/C=C/C(=O)NCC(=O)[O-])cc(Br)c1OC. The molecule has 0 aliphatic rings. The summed E-state index contributed by atoms with van der Waals surface area (Å²) < 4.78 is 11.0. The number of carboxylic acid groups (broad SMARTS) is 1. The smallest absolute Gasteiger partial charge is 0.244 e. The maximum Gasteiger partial charge on any atom is 0.244 e. The fourth-order valence-corrected chi connectivity index (χ4v) is 2.05. The lowest BCUT2D eigenvalue weighted by molar-refractivity contribution is -0.303. The summed E-state index contributed by atoms with van der Waals surface area (Å²) in [5.74, 6) is -0.816. The Bertz CT molecular complexity index is 542. The highest BCUT2D eigenvalue weighted by Gasteiger charge is 2.09. The lowest BCUT2D eigenvalue weighted by Gasteiger charge is -2.10. The van der Waals surface area contributed by atoms with E-state index in [4.69, 9.17) is 9.47 Å². The van der Waals surface area contributed by atoms with Gasteiger partial charge in [-0.3, -0.25) is 4.79 Å². The number of ether oxygens (including phenoxy) is 2. The molecule has 0 aromatic heterocycles. The average molecular weight is 343 g/mol. The number of carbonyl (C=O) groups excluding carboxylic acids is 2. The molecule has 0 fully saturated rings. The molecule has 1 N–H and O–H groups in total. The van der Waals surface area contributed by atoms with Crippen molar-refractivity contribution in [1.82, 2.24) is 5.32 Å². The van der Waals surface area contributed by atoms with E-state index >= 15 is 0 Å². The number of methoxy groups -OCH3 is 2. The Hall–Kier alpha value is -2.02. The average Bonchev–Trinajstić information content (AvgIpc) is 2.42. The lowest BCUT2D eigenvalue weighted by atomic mass is 10.2. The number of aliphatic carboxylic acids is 1. The molecule has 0 saturated heterocycles. The van der Waals surface area contributed by atoms with E-state index < -0.39 is 18.4 Å². The van der Waals surface area contributed by atoms with Crippen LogP contribution in [0.15, 0.2) is 22.7 Å². The minimum Gasteiger partial charge on any atom is -0.548 e. The van der Waals surface area contributed by atoms with E-state index in [1.807, 2.05) is 0 Å². The van der Waals surface area contributed by atoms with Crippen LogP contribution in [0.25, 0.3) is 6.08 Å². The van der Waals surface area contributed by atoms with Crippen molar-refractivity contribution in [2.45, 2.75) is 0 Å². The van der Waals surface area contributed by atoms with Crippen molar-refractivity contribution in [3.8, 4) is 11.5 Å². The Morgan fingerprint density at radius 1 is 1.35 bits per heavy atom. The summed E-state index contributed by atoms with van der Waals surface area (Å²) in [7, 11) is 3.02. The number of nitrogens with one attached hydrogen (secondary N) is 1. The van der Waals surface area contributed by atoms with E-state index in [1.54, 1.807) is 12.1 Å². The van der Waals surface area contributed by atoms with Crippen molar-refractivity contribution in [2.24, 2.45) is 0 Å². The Balaban J connectivity index is 2.85. The van der Waals surface area contributed by atoms with Gasteiger partial charge in [0.1, 0.15) is 0 Å². The molecule has 0 atom stereocenters. The number of rotatable bonds is 6. The quantitative estimate of drug-likeness (QED) is 0.753. The third-order valence-corrected chi connectivity index (χ3v) is 2.88. The van der Waals surface area contributed by atoms with Crippen LogP contribution in [-0.2, 0) is 9.59 Å². The molecule has 1 amide bonds. The molecule has 1 aromatic rings. The zero-order valence-corrected chi connectivity index (χ0v) is 12.5. The van der Waals surface area contributed by atoms with Gasteiger partial charge in [0.05, 0.1) is 31.2 Å². The minimum absolute atomic E-state index is 0.511. The highest BCUT2D eigenvalue weighted by atomic mass is 79.9. The minimum atomic E-state index is -1.35. The van der Waals surface area contributed by atoms with E-state index in [2.05, 4.69) is 21.2 Å². The highest BCUT2D eigenvalue weighted by Crippen LogP contribution is 2.36. The van der Waals surface area contributed by atoms with E-state index in [1.165, 1.54) is 26.4 Å². The monoisotopic (exact) mass is 342 g/mol. The second-order valence-electron chi connectivity index (χ2n) is 3.66. The summed E-state index contributed by atoms with van der Waals surface area (Å²) in [4.78, 5) is 21.5. The van der Waals surface area contributed by atoms with Crippen LogP contribution in [-0.4, -0.2) is 32.6 Å². The summed E-state index contributed by atoms with van der Waals surface area (Å²) in [5.41, 5.74) is 0.693. The fraction of sp³-hybridized carbons (Fsp3) is 0.231. The predicted molar refractivity (Wildman–Crippen MR) is 74.3 cm³/mol. The second-order valence-corrected chi connectivity index (χ2v) is 4.52. The van der Waals surface area contributed by atoms with Gasteiger partial charge in [-0.1, -0.05) is 0 Å². The Morgan fingerprint density at radius 2 is 2.05 bits per heavy atom. The van der Waals surface area contributed by atoms with Crippen LogP contribution in [0.5, 0.6) is 11.5 Å². The molecule has 0 spiro atoms. The number of hydrogen-bond acceptors (Lipinski definition) is 5. The van der Waals surface area contributed by atoms with Gasteiger partial charge < -0.3 is 24.7 Å². The van der Waals surface area contributed by atoms with Crippen LogP contribution in [0.2, 0.25) is 0 Å². The van der Waals surface area contributed by atoms with Gasteiger partial charge in [-0.25, -0.2) is 0 Å². The maximum atomic E-state index is 11.3. The third kappa shape index (κ3) is 4.58. The first-order valence-corrected chi connectivity index (χ1v) is 6.34. The molecule has 0 unspecified atom stereocenters. The summed E-state index contributed by atoms with van der Waals surface area (Å²) in [6.07, 6.45) is 2.74. The van der Waals surface area contributed by atoms with Gasteiger partial charge in [0, 0.05) is 6.08 Å². The predicted octanol–water partition coefficient (Wildman–Crippen LogP) is 0.346. The normalized spacial score (nSPS) is 10.3. The fourth-order valence-electron chi connectivity index (χ4n) is 1.42. The molecule has 0 aliphatic carbocycles. The largest absolute Gasteiger partial charge is 0.548 e.